The van der Waals surface area contributed by atoms with Crippen molar-refractivity contribution in [2.75, 3.05) is 0 Å². The van der Waals surface area contributed by atoms with Gasteiger partial charge in [0, 0.05) is 0 Å². The highest BCUT2D eigenvalue weighted by Crippen LogP contribution is 1.95. The van der Waals surface area contributed by atoms with E-state index in [1.165, 1.54) is 0 Å². The van der Waals surface area contributed by atoms with Crippen LogP contribution in [-0.4, -0.2) is 0 Å². The fourth-order valence-electron chi connectivity index (χ4n) is 1.06. The molecule has 0 saturated heterocycles. The maximum atomic E-state index is 2.19. The number of rotatable bonds is 0. The van der Waals surface area contributed by atoms with Crippen molar-refractivity contribution in [1.29, 1.82) is 0 Å². The lowest BCUT2D eigenvalue weighted by Crippen LogP contribution is -1.59. The second-order valence-electron chi connectivity index (χ2n) is 2.89. The van der Waals surface area contributed by atoms with Gasteiger partial charge in [0.15, 0.2) is 0 Å². The molecule has 0 aromatic heterocycles. The van der Waals surface area contributed by atoms with E-state index < -0.39 is 0 Å². The fourth-order valence-corrected chi connectivity index (χ4v) is 1.06. The molecule has 0 saturated carbocycles. The van der Waals surface area contributed by atoms with E-state index in [-0.39, 0.29) is 0 Å². The van der Waals surface area contributed by atoms with E-state index in [9.17, 15) is 0 Å². The van der Waals surface area contributed by atoms with Crippen LogP contribution in [0, 0.1) is 0 Å². The Morgan fingerprint density at radius 1 is 0.385 bits per heavy atom. The predicted molar refractivity (Wildman–Crippen MR) is 59.6 cm³/mol. The smallest absolute Gasteiger partial charge is 0.0163 e. The van der Waals surface area contributed by atoms with Gasteiger partial charge in [-0.2, -0.15) is 0 Å². The van der Waals surface area contributed by atoms with Gasteiger partial charge >= 0.3 is 0 Å². The van der Waals surface area contributed by atoms with E-state index in [4.69, 9.17) is 0 Å². The Morgan fingerprint density at radius 2 is 0.692 bits per heavy atom. The summed E-state index contributed by atoms with van der Waals surface area (Å²) in [5.41, 5.74) is 0. The number of hydrogen-bond acceptors (Lipinski definition) is 0. The maximum Gasteiger partial charge on any atom is -0.0163 e. The predicted octanol–water partition coefficient (Wildman–Crippen LogP) is 3.95. The summed E-state index contributed by atoms with van der Waals surface area (Å²) in [4.78, 5) is 0. The molecule has 0 amide bonds. The van der Waals surface area contributed by atoms with Crippen molar-refractivity contribution in [2.24, 2.45) is 0 Å². The highest BCUT2D eigenvalue weighted by atomic mass is 13.8. The summed E-state index contributed by atoms with van der Waals surface area (Å²) in [6.45, 7) is 0. The molecule has 0 heterocycles. The van der Waals surface area contributed by atoms with Crippen molar-refractivity contribution in [2.45, 2.75) is 19.3 Å². The van der Waals surface area contributed by atoms with Gasteiger partial charge in [0.25, 0.3) is 0 Å². The third kappa shape index (κ3) is 5.92. The molecule has 1 aliphatic carbocycles. The zero-order valence-electron chi connectivity index (χ0n) is 7.89. The normalized spacial score (nSPS) is 25.2. The van der Waals surface area contributed by atoms with Crippen molar-refractivity contribution in [3.8, 4) is 0 Å². The van der Waals surface area contributed by atoms with Crippen LogP contribution in [0.25, 0.3) is 0 Å². The van der Waals surface area contributed by atoms with Crippen LogP contribution in [0.4, 0.5) is 0 Å². The molecule has 1 rings (SSSR count). The molecule has 0 fully saturated rings. The summed E-state index contributed by atoms with van der Waals surface area (Å²) in [6, 6.07) is 0. The van der Waals surface area contributed by atoms with Crippen molar-refractivity contribution in [3.05, 3.63) is 60.8 Å². The average molecular weight is 172 g/mol. The first-order chi connectivity index (χ1) is 6.50. The minimum atomic E-state index is 1.02. The molecule has 68 valence electrons. The number of allylic oxidation sites excluding steroid dienone is 10. The van der Waals surface area contributed by atoms with E-state index in [1.807, 2.05) is 0 Å². The lowest BCUT2D eigenvalue weighted by molar-refractivity contribution is 1.31. The lowest BCUT2D eigenvalue weighted by atomic mass is 10.3. The van der Waals surface area contributed by atoms with Crippen LogP contribution in [0.5, 0.6) is 0 Å². The first-order valence-corrected chi connectivity index (χ1v) is 4.78. The Morgan fingerprint density at radius 3 is 1.08 bits per heavy atom. The summed E-state index contributed by atoms with van der Waals surface area (Å²) in [7, 11) is 0. The third-order valence-corrected chi connectivity index (χ3v) is 1.75. The molecule has 0 nitrogen and oxygen atoms in total. The van der Waals surface area contributed by atoms with Gasteiger partial charge in [-0.3, -0.25) is 0 Å². The monoisotopic (exact) mass is 172 g/mol. The molecule has 0 atom stereocenters. The van der Waals surface area contributed by atoms with E-state index in [0.29, 0.717) is 0 Å². The van der Waals surface area contributed by atoms with Crippen molar-refractivity contribution < 1.29 is 0 Å². The van der Waals surface area contributed by atoms with Gasteiger partial charge < -0.3 is 0 Å². The summed E-state index contributed by atoms with van der Waals surface area (Å²) in [6.07, 6.45) is 24.5. The van der Waals surface area contributed by atoms with Gasteiger partial charge in [0.1, 0.15) is 0 Å². The summed E-state index contributed by atoms with van der Waals surface area (Å²) in [5.74, 6) is 0. The molecular formula is C13H16. The Kier molecular flexibility index (Phi) is 5.54. The molecule has 1 aliphatic rings. The van der Waals surface area contributed by atoms with Crippen LogP contribution >= 0.6 is 0 Å². The minimum Gasteiger partial charge on any atom is -0.0844 e. The quantitative estimate of drug-likeness (QED) is 0.485. The average Bonchev–Trinajstić information content (AvgIpc) is 2.18. The lowest BCUT2D eigenvalue weighted by Gasteiger charge is -1.80. The van der Waals surface area contributed by atoms with Crippen molar-refractivity contribution >= 4 is 0 Å². The third-order valence-electron chi connectivity index (χ3n) is 1.75. The molecule has 0 N–H and O–H groups in total. The van der Waals surface area contributed by atoms with Gasteiger partial charge in [-0.05, 0) is 19.3 Å². The van der Waals surface area contributed by atoms with E-state index in [2.05, 4.69) is 60.8 Å². The van der Waals surface area contributed by atoms with Crippen LogP contribution in [0.3, 0.4) is 0 Å². The SMILES string of the molecule is C1=CC/C=C/C=C\C/C=C/CC=C1. The van der Waals surface area contributed by atoms with E-state index in [1.54, 1.807) is 0 Å². The molecule has 0 aromatic carbocycles. The highest BCUT2D eigenvalue weighted by molar-refractivity contribution is 5.11. The molecule has 0 spiro atoms. The van der Waals surface area contributed by atoms with Crippen molar-refractivity contribution in [1.82, 2.24) is 0 Å². The fraction of sp³-hybridized carbons (Fsp3) is 0.231. The highest BCUT2D eigenvalue weighted by Gasteiger charge is 1.74. The Hall–Kier alpha value is -1.30. The molecule has 0 radical (unpaired) electrons. The summed E-state index contributed by atoms with van der Waals surface area (Å²) in [5, 5.41) is 0. The molecule has 0 aromatic rings. The summed E-state index contributed by atoms with van der Waals surface area (Å²) < 4.78 is 0. The van der Waals surface area contributed by atoms with Crippen LogP contribution in [0.2, 0.25) is 0 Å². The van der Waals surface area contributed by atoms with E-state index >= 15 is 0 Å². The zero-order valence-corrected chi connectivity index (χ0v) is 7.89. The molecule has 0 aliphatic heterocycles. The van der Waals surface area contributed by atoms with Gasteiger partial charge in [-0.25, -0.2) is 0 Å². The maximum absolute atomic E-state index is 2.19. The Balaban J connectivity index is 2.49. The molecule has 0 unspecified atom stereocenters. The molecule has 0 heteroatoms. The molecular weight excluding hydrogens is 156 g/mol. The largest absolute Gasteiger partial charge is 0.0844 e. The van der Waals surface area contributed by atoms with Gasteiger partial charge in [0.05, 0.1) is 0 Å². The first kappa shape index (κ1) is 9.79. The van der Waals surface area contributed by atoms with Gasteiger partial charge in [-0.15, -0.1) is 0 Å². The van der Waals surface area contributed by atoms with Crippen LogP contribution in [0.15, 0.2) is 60.8 Å². The topological polar surface area (TPSA) is 0 Å². The second-order valence-corrected chi connectivity index (χ2v) is 2.89. The molecule has 13 heavy (non-hydrogen) atoms. The van der Waals surface area contributed by atoms with Gasteiger partial charge in [-0.1, -0.05) is 60.8 Å². The van der Waals surface area contributed by atoms with Crippen molar-refractivity contribution in [3.63, 3.8) is 0 Å². The zero-order chi connectivity index (χ0) is 9.19. The summed E-state index contributed by atoms with van der Waals surface area (Å²) >= 11 is 0. The van der Waals surface area contributed by atoms with Crippen LogP contribution in [0.1, 0.15) is 19.3 Å². The second kappa shape index (κ2) is 7.35. The Bertz CT molecular complexity index is 223. The minimum absolute atomic E-state index is 1.02. The molecule has 0 bridgehead atoms. The number of hydrogen-bond donors (Lipinski definition) is 0. The first-order valence-electron chi connectivity index (χ1n) is 4.78. The standard InChI is InChI=1S/C13H16/c1-2-4-6-8-10-12-13-11-9-7-5-3-1/h1-4,7-11,13H,5-6,12H2/b3-1+,4-2-,9-7?,10-8+,13-11?. The Labute approximate surface area is 80.7 Å². The van der Waals surface area contributed by atoms with E-state index in [0.717, 1.165) is 19.3 Å². The van der Waals surface area contributed by atoms with Crippen LogP contribution in [-0.2, 0) is 0 Å². The van der Waals surface area contributed by atoms with Gasteiger partial charge in [0.2, 0.25) is 0 Å². The van der Waals surface area contributed by atoms with Crippen LogP contribution < -0.4 is 0 Å².